The lowest BCUT2D eigenvalue weighted by atomic mass is 9.95. The van der Waals surface area contributed by atoms with Crippen LogP contribution in [0.5, 0.6) is 11.5 Å². The standard InChI is InChI=1S/C100H120N16O30P2/c1-2-47-143-148(133,134)146-68(62-140-49-20-42-102-82(118)38-40-88(124)112-61-67-22-7-9-24-70(67)94-92(72-26-11-13-30-76(72)112)108-110-114(94)46-53-138-57-59-139-58-56-137-52-44-104-86(122)65-142-80-32-19-28-74-90(80)100(130)116(98(74)128)78-34-36-84(120)106-96(78)126)63-145-147(131,132)144-50-17-4-3-14-41-101-81(117)37-39-87(123)111-60-66-21-6-8-23-69(66)93-91(71-25-10-12-29-75(71)111)107-109-113(93)45-15-5-16-48-135-54-55-136-51-43-103-85(121)64-141-79-31-18-27-73-89(79)99(129)115(97(73)127)77-33-35-83(119)105-95(77)125/h6-13,18-19,21-32,68,77-78H,2-5,14-17,20,33-65H2,1H3,(H,101,117)(H,102,118)(H,103,121)(H,104,122)(H,131,132)(H,133,134)(H,105,119,125)(H,106,120,126)/t68?,77-,78+/m1/s1. The van der Waals surface area contributed by atoms with E-state index in [1.54, 1.807) is 21.4 Å². The summed E-state index contributed by atoms with van der Waals surface area (Å²) in [6.07, 6.45) is 3.12. The third-order valence-corrected chi connectivity index (χ3v) is 26.7. The zero-order valence-corrected chi connectivity index (χ0v) is 83.6. The Bertz CT molecular complexity index is 6220. The molecule has 5 atom stereocenters. The summed E-state index contributed by atoms with van der Waals surface area (Å²) < 4.78 is 96.1. The predicted octanol–water partition coefficient (Wildman–Crippen LogP) is 7.18. The fraction of sp³-hybridized carbons (Fsp3) is 0.460. The Morgan fingerprint density at radius 1 is 0.405 bits per heavy atom. The van der Waals surface area contributed by atoms with Crippen LogP contribution in [0.3, 0.4) is 0 Å². The molecular weight excluding hydrogens is 1970 g/mol. The monoisotopic (exact) mass is 2090 g/mol. The highest BCUT2D eigenvalue weighted by Gasteiger charge is 2.49. The Kier molecular flexibility index (Phi) is 40.6. The first kappa shape index (κ1) is 110. The minimum absolute atomic E-state index is 0.000764. The molecule has 14 rings (SSSR count). The van der Waals surface area contributed by atoms with Crippen LogP contribution in [0.1, 0.15) is 169 Å². The smallest absolute Gasteiger partial charge is 0.472 e. The minimum atomic E-state index is -4.74. The van der Waals surface area contributed by atoms with E-state index < -0.39 is 125 Å². The summed E-state index contributed by atoms with van der Waals surface area (Å²) >= 11 is 0. The van der Waals surface area contributed by atoms with Gasteiger partial charge in [0.05, 0.1) is 151 Å². The SMILES string of the molecule is CCCOP(=O)(O)OC(COCCCNC(=O)CCC(=O)N1Cc2ccccc2-c2c(nnn2CCOCCOCCOCCNC(=O)COc2cccc3c2C(=O)N([C@H]2CCC(=O)NC2=O)C3=O)-c2ccccc21)COP(=O)(O)OCCCCCCNC(=O)CCC(=O)N1Cc2ccccc2-c2c(nnn2CCCCCOCCOCCNC(=O)COc2cccc3c2C(=O)N([C@@H]2CCC(=O)NC2=O)C3=O)-c2ccccc21. The van der Waals surface area contributed by atoms with Crippen molar-refractivity contribution in [1.82, 2.24) is 71.7 Å². The number of phosphoric acid groups is 2. The molecule has 8 N–H and O–H groups in total. The maximum absolute atomic E-state index is 14.3. The summed E-state index contributed by atoms with van der Waals surface area (Å²) in [4.78, 5) is 208. The van der Waals surface area contributed by atoms with Crippen molar-refractivity contribution >= 4 is 110 Å². The average molecular weight is 2090 g/mol. The molecule has 3 unspecified atom stereocenters. The maximum Gasteiger partial charge on any atom is 0.472 e. The Balaban J connectivity index is 0.433. The molecular formula is C100H120N16O30P2. The van der Waals surface area contributed by atoms with E-state index in [9.17, 15) is 86.0 Å². The number of amides is 14. The third-order valence-electron chi connectivity index (χ3n) is 24.6. The van der Waals surface area contributed by atoms with Crippen LogP contribution in [0.2, 0.25) is 0 Å². The van der Waals surface area contributed by atoms with Gasteiger partial charge in [-0.15, -0.1) is 10.2 Å². The molecule has 14 amide bonds. The van der Waals surface area contributed by atoms with Gasteiger partial charge >= 0.3 is 15.6 Å². The van der Waals surface area contributed by atoms with Gasteiger partial charge in [0.1, 0.15) is 41.1 Å². The van der Waals surface area contributed by atoms with Gasteiger partial charge in [0.2, 0.25) is 47.3 Å². The molecule has 2 aromatic heterocycles. The van der Waals surface area contributed by atoms with Crippen LogP contribution < -0.4 is 51.2 Å². The van der Waals surface area contributed by atoms with Gasteiger partial charge in [0.15, 0.2) is 13.2 Å². The molecule has 6 aliphatic heterocycles. The average Bonchev–Trinajstić information content (AvgIpc) is 1.61. The quantitative estimate of drug-likeness (QED) is 0.0106. The van der Waals surface area contributed by atoms with Gasteiger partial charge in [-0.2, -0.15) is 0 Å². The number of carbonyl (C=O) groups is 14. The number of piperidine rings is 2. The summed E-state index contributed by atoms with van der Waals surface area (Å²) in [6, 6.07) is 36.6. The van der Waals surface area contributed by atoms with Crippen molar-refractivity contribution in [3.05, 3.63) is 167 Å². The van der Waals surface area contributed by atoms with Gasteiger partial charge in [0, 0.05) is 107 Å². The van der Waals surface area contributed by atoms with E-state index in [1.807, 2.05) is 102 Å². The van der Waals surface area contributed by atoms with Crippen molar-refractivity contribution in [3.63, 3.8) is 0 Å². The van der Waals surface area contributed by atoms with Crippen molar-refractivity contribution in [2.75, 3.05) is 148 Å². The number of para-hydroxylation sites is 2. The van der Waals surface area contributed by atoms with Gasteiger partial charge in [-0.05, 0) is 105 Å². The number of unbranched alkanes of at least 4 members (excludes halogenated alkanes) is 5. The van der Waals surface area contributed by atoms with E-state index in [2.05, 4.69) is 52.5 Å². The zero-order chi connectivity index (χ0) is 104. The molecule has 2 fully saturated rings. The normalized spacial score (nSPS) is 16.1. The minimum Gasteiger partial charge on any atom is -0.483 e. The van der Waals surface area contributed by atoms with Crippen LogP contribution in [0.25, 0.3) is 45.0 Å². The van der Waals surface area contributed by atoms with Crippen molar-refractivity contribution in [2.24, 2.45) is 0 Å². The molecule has 6 aromatic carbocycles. The number of ether oxygens (including phenoxy) is 8. The largest absolute Gasteiger partial charge is 0.483 e. The van der Waals surface area contributed by atoms with E-state index in [0.717, 1.165) is 62.7 Å². The molecule has 8 aromatic rings. The number of aromatic nitrogens is 6. The summed E-state index contributed by atoms with van der Waals surface area (Å²) in [6.45, 7) is 4.05. The first-order valence-corrected chi connectivity index (χ1v) is 52.3. The molecule has 790 valence electrons. The summed E-state index contributed by atoms with van der Waals surface area (Å²) in [5, 5.41) is 33.8. The van der Waals surface area contributed by atoms with E-state index in [1.165, 1.54) is 36.4 Å². The Labute approximate surface area is 851 Å². The highest BCUT2D eigenvalue weighted by molar-refractivity contribution is 7.47. The molecule has 0 aliphatic carbocycles. The van der Waals surface area contributed by atoms with Crippen LogP contribution in [0.4, 0.5) is 11.4 Å². The van der Waals surface area contributed by atoms with Gasteiger partial charge in [-0.25, -0.2) is 18.5 Å². The predicted molar refractivity (Wildman–Crippen MR) is 526 cm³/mol. The fourth-order valence-electron chi connectivity index (χ4n) is 17.4. The topological polar surface area (TPSA) is 571 Å². The van der Waals surface area contributed by atoms with Crippen molar-refractivity contribution in [3.8, 4) is 56.5 Å². The molecule has 0 spiro atoms. The van der Waals surface area contributed by atoms with E-state index in [0.29, 0.717) is 98.8 Å². The van der Waals surface area contributed by atoms with Crippen molar-refractivity contribution in [1.29, 1.82) is 0 Å². The Morgan fingerprint density at radius 3 is 1.34 bits per heavy atom. The van der Waals surface area contributed by atoms with Gasteiger partial charge < -0.3 is 78.7 Å². The first-order chi connectivity index (χ1) is 71.7. The second-order valence-corrected chi connectivity index (χ2v) is 38.0. The number of hydrogen-bond acceptors (Lipinski definition) is 32. The maximum atomic E-state index is 14.3. The lowest BCUT2D eigenvalue weighted by Gasteiger charge is -2.28. The number of nitrogens with one attached hydrogen (secondary N) is 6. The second kappa shape index (κ2) is 54.5. The van der Waals surface area contributed by atoms with E-state index in [4.69, 9.17) is 56.0 Å². The number of aryl methyl sites for hydroxylation is 1. The molecule has 8 heterocycles. The van der Waals surface area contributed by atoms with Gasteiger partial charge in [-0.3, -0.25) is 106 Å². The van der Waals surface area contributed by atoms with Gasteiger partial charge in [-0.1, -0.05) is 127 Å². The number of rotatable bonds is 60. The molecule has 0 radical (unpaired) electrons. The third kappa shape index (κ3) is 29.8. The van der Waals surface area contributed by atoms with Crippen LogP contribution in [0.15, 0.2) is 133 Å². The lowest BCUT2D eigenvalue weighted by molar-refractivity contribution is -0.137. The number of hydrogen-bond donors (Lipinski definition) is 8. The molecule has 148 heavy (non-hydrogen) atoms. The molecule has 48 heteroatoms. The highest BCUT2D eigenvalue weighted by atomic mass is 31.2. The van der Waals surface area contributed by atoms with E-state index in [-0.39, 0.29) is 215 Å². The number of imide groups is 4. The number of benzene rings is 6. The highest BCUT2D eigenvalue weighted by Crippen LogP contribution is 2.49. The number of anilines is 2. The summed E-state index contributed by atoms with van der Waals surface area (Å²) in [5.74, 6) is -7.65. The molecule has 0 bridgehead atoms. The number of phosphoric ester groups is 2. The van der Waals surface area contributed by atoms with Crippen LogP contribution in [-0.4, -0.2) is 289 Å². The van der Waals surface area contributed by atoms with Crippen LogP contribution in [0, 0.1) is 0 Å². The lowest BCUT2D eigenvalue weighted by Crippen LogP contribution is -2.54. The van der Waals surface area contributed by atoms with Crippen LogP contribution in [-0.2, 0) is 130 Å². The molecule has 2 saturated heterocycles. The van der Waals surface area contributed by atoms with Gasteiger partial charge in [0.25, 0.3) is 35.4 Å². The Hall–Kier alpha value is -13.4. The van der Waals surface area contributed by atoms with E-state index >= 15 is 0 Å². The first-order valence-electron chi connectivity index (χ1n) is 49.3. The fourth-order valence-corrected chi connectivity index (χ4v) is 19.2. The number of carbonyl (C=O) groups excluding carboxylic acids is 14. The molecule has 6 aliphatic rings. The Morgan fingerprint density at radius 2 is 0.831 bits per heavy atom. The van der Waals surface area contributed by atoms with Crippen LogP contribution >= 0.6 is 15.6 Å². The van der Waals surface area contributed by atoms with Crippen molar-refractivity contribution in [2.45, 2.75) is 160 Å². The molecule has 46 nitrogen and oxygen atoms in total. The second-order valence-electron chi connectivity index (χ2n) is 35.1. The number of fused-ring (bicyclic) bond motifs is 12. The summed E-state index contributed by atoms with van der Waals surface area (Å²) in [5.41, 5.74) is 8.50. The van der Waals surface area contributed by atoms with Crippen molar-refractivity contribution < 1.29 is 142 Å². The molecule has 0 saturated carbocycles. The zero-order valence-electron chi connectivity index (χ0n) is 81.8. The number of nitrogens with zero attached hydrogens (tertiary/aromatic N) is 10. The summed E-state index contributed by atoms with van der Waals surface area (Å²) in [7, 11) is -9.45.